The Labute approximate surface area is 185 Å². The van der Waals surface area contributed by atoms with Crippen molar-refractivity contribution in [3.63, 3.8) is 0 Å². The number of aryl methyl sites for hydroxylation is 1. The Hall–Kier alpha value is -2.56. The summed E-state index contributed by atoms with van der Waals surface area (Å²) >= 11 is 7.40. The number of likely N-dealkylation sites (tertiary alicyclic amines) is 1. The third-order valence-electron chi connectivity index (χ3n) is 4.92. The second-order valence-corrected chi connectivity index (χ2v) is 8.46. The first-order valence-electron chi connectivity index (χ1n) is 9.81. The first-order valence-corrected chi connectivity index (χ1v) is 11.2. The average molecular weight is 443 g/mol. The van der Waals surface area contributed by atoms with Gasteiger partial charge in [0.1, 0.15) is 0 Å². The molecule has 2 heterocycles. The first-order chi connectivity index (χ1) is 14.5. The molecular formula is C22H23ClN4O2S. The van der Waals surface area contributed by atoms with Crippen molar-refractivity contribution in [1.29, 1.82) is 5.26 Å². The maximum absolute atomic E-state index is 12.8. The largest absolute Gasteiger partial charge is 0.339 e. The molecule has 6 nitrogen and oxygen atoms in total. The van der Waals surface area contributed by atoms with Gasteiger partial charge in [-0.3, -0.25) is 9.59 Å². The lowest BCUT2D eigenvalue weighted by Gasteiger charge is -2.22. The van der Waals surface area contributed by atoms with E-state index in [1.54, 1.807) is 35.4 Å². The van der Waals surface area contributed by atoms with E-state index in [-0.39, 0.29) is 24.0 Å². The number of nitriles is 1. The molecule has 0 bridgehead atoms. The summed E-state index contributed by atoms with van der Waals surface area (Å²) in [4.78, 5) is 33.0. The molecule has 156 valence electrons. The summed E-state index contributed by atoms with van der Waals surface area (Å²) in [5, 5.41) is 10.3. The Balaban J connectivity index is 1.63. The summed E-state index contributed by atoms with van der Waals surface area (Å²) in [6, 6.07) is 11.0. The SMILES string of the molecule is Cc1cc(N(CCC#N)C(=O)CSc2ccc(C(=O)N3CCCC3)cn2)ccc1Cl. The van der Waals surface area contributed by atoms with E-state index < -0.39 is 0 Å². The van der Waals surface area contributed by atoms with Crippen LogP contribution in [0.4, 0.5) is 5.69 Å². The molecule has 30 heavy (non-hydrogen) atoms. The van der Waals surface area contributed by atoms with Crippen LogP contribution in [0.25, 0.3) is 0 Å². The number of carbonyl (C=O) groups excluding carboxylic acids is 2. The van der Waals surface area contributed by atoms with E-state index in [9.17, 15) is 9.59 Å². The van der Waals surface area contributed by atoms with Crippen LogP contribution in [0.5, 0.6) is 0 Å². The zero-order valence-electron chi connectivity index (χ0n) is 16.8. The number of anilines is 1. The van der Waals surface area contributed by atoms with E-state index in [4.69, 9.17) is 16.9 Å². The van der Waals surface area contributed by atoms with Crippen LogP contribution in [0, 0.1) is 18.3 Å². The standard InChI is InChI=1S/C22H23ClN4O2S/c1-16-13-18(6-7-19(16)23)27(12-4-9-24)21(28)15-30-20-8-5-17(14-25-20)22(29)26-10-2-3-11-26/h5-8,13-14H,2-4,10-12,15H2,1H3. The summed E-state index contributed by atoms with van der Waals surface area (Å²) < 4.78 is 0. The van der Waals surface area contributed by atoms with Crippen molar-refractivity contribution in [2.45, 2.75) is 31.2 Å². The minimum absolute atomic E-state index is 0.00779. The lowest BCUT2D eigenvalue weighted by atomic mass is 10.2. The molecule has 8 heteroatoms. The van der Waals surface area contributed by atoms with Crippen molar-refractivity contribution in [2.24, 2.45) is 0 Å². The average Bonchev–Trinajstić information content (AvgIpc) is 3.29. The van der Waals surface area contributed by atoms with Crippen molar-refractivity contribution in [3.05, 3.63) is 52.7 Å². The second kappa shape index (κ2) is 10.5. The van der Waals surface area contributed by atoms with E-state index in [1.807, 2.05) is 17.9 Å². The molecule has 0 saturated carbocycles. The zero-order chi connectivity index (χ0) is 21.5. The van der Waals surface area contributed by atoms with Gasteiger partial charge in [-0.25, -0.2) is 4.98 Å². The summed E-state index contributed by atoms with van der Waals surface area (Å²) in [6.45, 7) is 3.79. The lowest BCUT2D eigenvalue weighted by Crippen LogP contribution is -2.33. The molecule has 0 aliphatic carbocycles. The molecular weight excluding hydrogens is 420 g/mol. The second-order valence-electron chi connectivity index (χ2n) is 7.06. The van der Waals surface area contributed by atoms with Gasteiger partial charge in [-0.15, -0.1) is 0 Å². The van der Waals surface area contributed by atoms with E-state index in [2.05, 4.69) is 11.1 Å². The van der Waals surface area contributed by atoms with E-state index >= 15 is 0 Å². The molecule has 1 aromatic carbocycles. The van der Waals surface area contributed by atoms with Crippen LogP contribution < -0.4 is 4.90 Å². The minimum Gasteiger partial charge on any atom is -0.339 e. The zero-order valence-corrected chi connectivity index (χ0v) is 18.4. The highest BCUT2D eigenvalue weighted by atomic mass is 35.5. The van der Waals surface area contributed by atoms with Crippen molar-refractivity contribution < 1.29 is 9.59 Å². The smallest absolute Gasteiger partial charge is 0.255 e. The fourth-order valence-corrected chi connectivity index (χ4v) is 4.10. The number of nitrogens with zero attached hydrogens (tertiary/aromatic N) is 4. The van der Waals surface area contributed by atoms with Gasteiger partial charge in [-0.2, -0.15) is 5.26 Å². The highest BCUT2D eigenvalue weighted by Crippen LogP contribution is 2.25. The van der Waals surface area contributed by atoms with Crippen LogP contribution in [0.3, 0.4) is 0 Å². The van der Waals surface area contributed by atoms with Crippen LogP contribution in [-0.2, 0) is 4.79 Å². The summed E-state index contributed by atoms with van der Waals surface area (Å²) in [5.41, 5.74) is 2.16. The van der Waals surface area contributed by atoms with Gasteiger partial charge in [0.2, 0.25) is 5.91 Å². The molecule has 0 N–H and O–H groups in total. The van der Waals surface area contributed by atoms with Gasteiger partial charge < -0.3 is 9.80 Å². The maximum atomic E-state index is 12.8. The topological polar surface area (TPSA) is 77.3 Å². The van der Waals surface area contributed by atoms with E-state index in [0.29, 0.717) is 22.2 Å². The predicted molar refractivity (Wildman–Crippen MR) is 119 cm³/mol. The van der Waals surface area contributed by atoms with Crippen LogP contribution >= 0.6 is 23.4 Å². The van der Waals surface area contributed by atoms with Gasteiger partial charge in [-0.1, -0.05) is 23.4 Å². The monoisotopic (exact) mass is 442 g/mol. The van der Waals surface area contributed by atoms with Crippen LogP contribution in [0.1, 0.15) is 35.2 Å². The van der Waals surface area contributed by atoms with E-state index in [1.165, 1.54) is 11.8 Å². The van der Waals surface area contributed by atoms with E-state index in [0.717, 1.165) is 37.2 Å². The third-order valence-corrected chi connectivity index (χ3v) is 6.27. The summed E-state index contributed by atoms with van der Waals surface area (Å²) in [5.74, 6) is 0.0730. The van der Waals surface area contributed by atoms with Gasteiger partial charge in [0, 0.05) is 36.5 Å². The fraction of sp³-hybridized carbons (Fsp3) is 0.364. The Morgan fingerprint density at radius 2 is 2.03 bits per heavy atom. The highest BCUT2D eigenvalue weighted by molar-refractivity contribution is 7.99. The number of rotatable bonds is 7. The number of hydrogen-bond acceptors (Lipinski definition) is 5. The van der Waals surface area contributed by atoms with Crippen molar-refractivity contribution in [2.75, 3.05) is 30.3 Å². The number of halogens is 1. The Bertz CT molecular complexity index is 953. The fourth-order valence-electron chi connectivity index (χ4n) is 3.26. The minimum atomic E-state index is -0.115. The maximum Gasteiger partial charge on any atom is 0.255 e. The van der Waals surface area contributed by atoms with Gasteiger partial charge in [0.25, 0.3) is 5.91 Å². The molecule has 2 amide bonds. The predicted octanol–water partition coefficient (Wildman–Crippen LogP) is 4.32. The van der Waals surface area contributed by atoms with Crippen LogP contribution in [-0.4, -0.2) is 47.1 Å². The van der Waals surface area contributed by atoms with Crippen LogP contribution in [0.15, 0.2) is 41.6 Å². The number of carbonyl (C=O) groups is 2. The first kappa shape index (κ1) is 22.1. The Morgan fingerprint density at radius 1 is 1.27 bits per heavy atom. The number of thioether (sulfide) groups is 1. The highest BCUT2D eigenvalue weighted by Gasteiger charge is 2.20. The molecule has 3 rings (SSSR count). The normalized spacial score (nSPS) is 13.2. The summed E-state index contributed by atoms with van der Waals surface area (Å²) in [7, 11) is 0. The molecule has 0 unspecified atom stereocenters. The van der Waals surface area contributed by atoms with Gasteiger partial charge in [0.15, 0.2) is 0 Å². The molecule has 1 aliphatic rings. The van der Waals surface area contributed by atoms with Gasteiger partial charge in [-0.05, 0) is 55.7 Å². The molecule has 0 spiro atoms. The molecule has 0 atom stereocenters. The Morgan fingerprint density at radius 3 is 2.67 bits per heavy atom. The van der Waals surface area contributed by atoms with Crippen molar-refractivity contribution >= 4 is 40.9 Å². The molecule has 2 aromatic rings. The van der Waals surface area contributed by atoms with Gasteiger partial charge in [0.05, 0.1) is 28.8 Å². The Kier molecular flexibility index (Phi) is 7.72. The number of aromatic nitrogens is 1. The van der Waals surface area contributed by atoms with Crippen LogP contribution in [0.2, 0.25) is 5.02 Å². The van der Waals surface area contributed by atoms with Gasteiger partial charge >= 0.3 is 0 Å². The molecule has 1 aliphatic heterocycles. The number of benzene rings is 1. The summed E-state index contributed by atoms with van der Waals surface area (Å²) in [6.07, 6.45) is 3.91. The third kappa shape index (κ3) is 5.53. The van der Waals surface area contributed by atoms with Crippen molar-refractivity contribution in [1.82, 2.24) is 9.88 Å². The lowest BCUT2D eigenvalue weighted by molar-refractivity contribution is -0.116. The molecule has 1 saturated heterocycles. The number of amides is 2. The number of pyridine rings is 1. The van der Waals surface area contributed by atoms with Crippen molar-refractivity contribution in [3.8, 4) is 6.07 Å². The number of hydrogen-bond donors (Lipinski definition) is 0. The molecule has 1 aromatic heterocycles. The quantitative estimate of drug-likeness (QED) is 0.597. The molecule has 0 radical (unpaired) electrons. The molecule has 1 fully saturated rings.